The molecule has 0 bridgehead atoms. The van der Waals surface area contributed by atoms with Crippen LogP contribution < -0.4 is 19.2 Å². The molecule has 0 heterocycles. The first-order valence-corrected chi connectivity index (χ1v) is 14.2. The first-order chi connectivity index (χ1) is 17.1. The van der Waals surface area contributed by atoms with Gasteiger partial charge >= 0.3 is 0 Å². The molecule has 1 amide bonds. The van der Waals surface area contributed by atoms with E-state index in [0.717, 1.165) is 16.1 Å². The lowest BCUT2D eigenvalue weighted by Crippen LogP contribution is -2.39. The number of para-hydroxylation sites is 1. The number of carbonyl (C=O) groups is 1. The zero-order chi connectivity index (χ0) is 26.3. The summed E-state index contributed by atoms with van der Waals surface area (Å²) in [6.07, 6.45) is 2.45. The zero-order valence-corrected chi connectivity index (χ0v) is 24.0. The Bertz CT molecular complexity index is 1370. The molecule has 3 aromatic rings. The van der Waals surface area contributed by atoms with Crippen molar-refractivity contribution in [2.45, 2.75) is 6.61 Å². The normalized spacial score (nSPS) is 11.4. The molecule has 0 atom stereocenters. The summed E-state index contributed by atoms with van der Waals surface area (Å²) in [7, 11) is -2.20. The van der Waals surface area contributed by atoms with E-state index in [1.165, 1.54) is 13.3 Å². The minimum Gasteiger partial charge on any atom is -0.493 e. The molecule has 190 valence electrons. The average Bonchev–Trinajstić information content (AvgIpc) is 2.82. The van der Waals surface area contributed by atoms with Gasteiger partial charge < -0.3 is 9.47 Å². The maximum absolute atomic E-state index is 12.5. The number of hydrogen-bond donors (Lipinski definition) is 1. The Morgan fingerprint density at radius 2 is 1.81 bits per heavy atom. The molecule has 0 unspecified atom stereocenters. The summed E-state index contributed by atoms with van der Waals surface area (Å²) in [5.74, 6) is 0.357. The van der Waals surface area contributed by atoms with Gasteiger partial charge in [0.15, 0.2) is 11.5 Å². The number of anilines is 1. The molecule has 0 aliphatic carbocycles. The number of amides is 1. The largest absolute Gasteiger partial charge is 0.493 e. The van der Waals surface area contributed by atoms with Gasteiger partial charge in [0.2, 0.25) is 10.0 Å². The van der Waals surface area contributed by atoms with E-state index in [1.54, 1.807) is 48.5 Å². The van der Waals surface area contributed by atoms with Gasteiger partial charge in [-0.15, -0.1) is 0 Å². The van der Waals surface area contributed by atoms with Crippen LogP contribution in [0.4, 0.5) is 5.69 Å². The molecular formula is C24H22Br2ClN3O5S. The fourth-order valence-electron chi connectivity index (χ4n) is 3.07. The third kappa shape index (κ3) is 7.70. The molecule has 0 fully saturated rings. The Hall–Kier alpha value is -2.60. The summed E-state index contributed by atoms with van der Waals surface area (Å²) in [4.78, 5) is 12.5. The molecule has 0 saturated heterocycles. The van der Waals surface area contributed by atoms with E-state index in [-0.39, 0.29) is 0 Å². The van der Waals surface area contributed by atoms with Gasteiger partial charge in [-0.05, 0) is 79.4 Å². The van der Waals surface area contributed by atoms with Crippen LogP contribution in [-0.2, 0) is 21.4 Å². The van der Waals surface area contributed by atoms with Crippen molar-refractivity contribution in [2.24, 2.45) is 5.10 Å². The Labute approximate surface area is 231 Å². The Morgan fingerprint density at radius 1 is 1.11 bits per heavy atom. The fourth-order valence-corrected chi connectivity index (χ4v) is 5.25. The van der Waals surface area contributed by atoms with E-state index in [0.29, 0.717) is 43.3 Å². The van der Waals surface area contributed by atoms with Gasteiger partial charge in [0.25, 0.3) is 5.91 Å². The van der Waals surface area contributed by atoms with Crippen molar-refractivity contribution in [1.82, 2.24) is 5.43 Å². The van der Waals surface area contributed by atoms with Crippen LogP contribution in [0.3, 0.4) is 0 Å². The Kier molecular flexibility index (Phi) is 9.77. The monoisotopic (exact) mass is 657 g/mol. The highest BCUT2D eigenvalue weighted by atomic mass is 79.9. The van der Waals surface area contributed by atoms with Crippen molar-refractivity contribution in [3.05, 3.63) is 85.8 Å². The summed E-state index contributed by atoms with van der Waals surface area (Å²) >= 11 is 12.7. The third-order valence-corrected chi connectivity index (χ3v) is 7.40. The highest BCUT2D eigenvalue weighted by molar-refractivity contribution is 9.11. The molecular weight excluding hydrogens is 638 g/mol. The number of sulfonamides is 1. The summed E-state index contributed by atoms with van der Waals surface area (Å²) in [5, 5.41) is 4.60. The fraction of sp³-hybridized carbons (Fsp3) is 0.167. The minimum atomic E-state index is -3.71. The van der Waals surface area contributed by atoms with Crippen molar-refractivity contribution >= 4 is 71.3 Å². The molecule has 0 aromatic heterocycles. The number of carbonyl (C=O) groups excluding carboxylic acids is 1. The maximum Gasteiger partial charge on any atom is 0.260 e. The summed E-state index contributed by atoms with van der Waals surface area (Å²) in [6, 6.07) is 17.5. The van der Waals surface area contributed by atoms with Crippen LogP contribution in [0.1, 0.15) is 11.1 Å². The van der Waals surface area contributed by atoms with E-state index in [1.807, 2.05) is 12.1 Å². The van der Waals surface area contributed by atoms with Gasteiger partial charge in [-0.3, -0.25) is 9.10 Å². The topological polar surface area (TPSA) is 97.3 Å². The van der Waals surface area contributed by atoms with Crippen molar-refractivity contribution in [3.63, 3.8) is 0 Å². The van der Waals surface area contributed by atoms with Crippen LogP contribution in [0.2, 0.25) is 5.02 Å². The van der Waals surface area contributed by atoms with E-state index >= 15 is 0 Å². The highest BCUT2D eigenvalue weighted by Crippen LogP contribution is 2.37. The molecule has 3 rings (SSSR count). The van der Waals surface area contributed by atoms with Gasteiger partial charge in [0.05, 0.1) is 29.7 Å². The van der Waals surface area contributed by atoms with E-state index in [2.05, 4.69) is 42.4 Å². The van der Waals surface area contributed by atoms with Crippen LogP contribution in [0.5, 0.6) is 11.5 Å². The minimum absolute atomic E-state index is 0.310. The predicted molar refractivity (Wildman–Crippen MR) is 149 cm³/mol. The lowest BCUT2D eigenvalue weighted by Gasteiger charge is -2.22. The Balaban J connectivity index is 1.68. The molecule has 3 aromatic carbocycles. The van der Waals surface area contributed by atoms with Gasteiger partial charge in [0, 0.05) is 9.50 Å². The molecule has 0 aliphatic rings. The third-order valence-electron chi connectivity index (χ3n) is 4.76. The van der Waals surface area contributed by atoms with Crippen molar-refractivity contribution in [1.29, 1.82) is 0 Å². The molecule has 8 nitrogen and oxygen atoms in total. The van der Waals surface area contributed by atoms with Crippen molar-refractivity contribution in [2.75, 3.05) is 24.2 Å². The molecule has 12 heteroatoms. The van der Waals surface area contributed by atoms with Crippen molar-refractivity contribution in [3.8, 4) is 11.5 Å². The number of hydrogen-bond acceptors (Lipinski definition) is 6. The Morgan fingerprint density at radius 3 is 2.44 bits per heavy atom. The number of halogens is 3. The van der Waals surface area contributed by atoms with E-state index in [4.69, 9.17) is 21.1 Å². The first-order valence-electron chi connectivity index (χ1n) is 10.4. The first kappa shape index (κ1) is 28.0. The van der Waals surface area contributed by atoms with Gasteiger partial charge in [-0.2, -0.15) is 5.10 Å². The number of nitrogens with one attached hydrogen (secondary N) is 1. The number of ether oxygens (including phenoxy) is 2. The SMILES string of the molecule is COc1cc(/C=N/NC(=O)CN(c2ccccc2Br)S(C)(=O)=O)cc(Br)c1OCc1ccc(Cl)cc1. The smallest absolute Gasteiger partial charge is 0.260 e. The summed E-state index contributed by atoms with van der Waals surface area (Å²) in [6.45, 7) is -0.132. The van der Waals surface area contributed by atoms with Crippen LogP contribution in [-0.4, -0.2) is 40.4 Å². The van der Waals surface area contributed by atoms with Gasteiger partial charge in [0.1, 0.15) is 13.2 Å². The van der Waals surface area contributed by atoms with Gasteiger partial charge in [-0.1, -0.05) is 35.9 Å². The zero-order valence-electron chi connectivity index (χ0n) is 19.2. The van der Waals surface area contributed by atoms with E-state index < -0.39 is 22.5 Å². The number of hydrazone groups is 1. The highest BCUT2D eigenvalue weighted by Gasteiger charge is 2.22. The maximum atomic E-state index is 12.5. The van der Waals surface area contributed by atoms with Crippen molar-refractivity contribution < 1.29 is 22.7 Å². The van der Waals surface area contributed by atoms with Crippen LogP contribution >= 0.6 is 43.5 Å². The lowest BCUT2D eigenvalue weighted by atomic mass is 10.2. The molecule has 36 heavy (non-hydrogen) atoms. The summed E-state index contributed by atoms with van der Waals surface area (Å²) < 4.78 is 38.1. The molecule has 0 spiro atoms. The molecule has 0 radical (unpaired) electrons. The molecule has 1 N–H and O–H groups in total. The second kappa shape index (κ2) is 12.6. The van der Waals surface area contributed by atoms with Crippen LogP contribution in [0.25, 0.3) is 0 Å². The molecule has 0 aliphatic heterocycles. The quantitative estimate of drug-likeness (QED) is 0.233. The van der Waals surface area contributed by atoms with Crippen LogP contribution in [0.15, 0.2) is 74.7 Å². The van der Waals surface area contributed by atoms with Gasteiger partial charge in [-0.25, -0.2) is 13.8 Å². The molecule has 0 saturated carbocycles. The average molecular weight is 660 g/mol. The van der Waals surface area contributed by atoms with Crippen LogP contribution in [0, 0.1) is 0 Å². The number of nitrogens with zero attached hydrogens (tertiary/aromatic N) is 2. The second-order valence-corrected chi connectivity index (χ2v) is 11.5. The summed E-state index contributed by atoms with van der Waals surface area (Å²) in [5.41, 5.74) is 4.26. The lowest BCUT2D eigenvalue weighted by molar-refractivity contribution is -0.119. The number of methoxy groups -OCH3 is 1. The standard InChI is InChI=1S/C24H22Br2ClN3O5S/c1-34-22-12-17(11-20(26)24(22)35-15-16-7-9-18(27)10-8-16)13-28-29-23(31)14-30(36(2,32)33)21-6-4-3-5-19(21)25/h3-13H,14-15H2,1-2H3,(H,29,31)/b28-13+. The predicted octanol–water partition coefficient (Wildman–Crippen LogP) is 5.37. The second-order valence-electron chi connectivity index (χ2n) is 7.46. The number of rotatable bonds is 10. The van der Waals surface area contributed by atoms with E-state index in [9.17, 15) is 13.2 Å². The number of benzene rings is 3.